The van der Waals surface area contributed by atoms with Crippen molar-refractivity contribution in [2.24, 2.45) is 0 Å². The number of likely N-dealkylation sites (tertiary alicyclic amines) is 1. The molecule has 2 aromatic rings. The van der Waals surface area contributed by atoms with Crippen LogP contribution in [0.25, 0.3) is 0 Å². The number of rotatable bonds is 6. The van der Waals surface area contributed by atoms with Crippen molar-refractivity contribution in [1.82, 2.24) is 4.90 Å². The lowest BCUT2D eigenvalue weighted by atomic mass is 10.1. The summed E-state index contributed by atoms with van der Waals surface area (Å²) in [5.41, 5.74) is 2.15. The molecule has 0 saturated carbocycles. The average Bonchev–Trinajstić information content (AvgIpc) is 2.90. The van der Waals surface area contributed by atoms with Crippen LogP contribution in [0.15, 0.2) is 48.5 Å². The van der Waals surface area contributed by atoms with E-state index < -0.39 is 0 Å². The van der Waals surface area contributed by atoms with Crippen LogP contribution in [0.1, 0.15) is 25.8 Å². The maximum Gasteiger partial charge on any atom is 0.167 e. The van der Waals surface area contributed by atoms with Gasteiger partial charge in [-0.25, -0.2) is 4.39 Å². The fourth-order valence-corrected chi connectivity index (χ4v) is 3.34. The smallest absolute Gasteiger partial charge is 0.167 e. The van der Waals surface area contributed by atoms with E-state index in [9.17, 15) is 4.39 Å². The summed E-state index contributed by atoms with van der Waals surface area (Å²) in [7, 11) is 0. The van der Waals surface area contributed by atoms with Gasteiger partial charge in [-0.2, -0.15) is 0 Å². The van der Waals surface area contributed by atoms with Gasteiger partial charge in [0.1, 0.15) is 0 Å². The molecule has 0 radical (unpaired) electrons. The second kappa shape index (κ2) is 7.67. The SMILES string of the molecule is CCOc1ccc(NC2CC(C)N(Cc3ccccc3)C2)cc1F. The molecule has 1 aliphatic rings. The van der Waals surface area contributed by atoms with Gasteiger partial charge < -0.3 is 10.1 Å². The van der Waals surface area contributed by atoms with E-state index in [2.05, 4.69) is 41.4 Å². The first-order valence-electron chi connectivity index (χ1n) is 8.62. The zero-order valence-electron chi connectivity index (χ0n) is 14.3. The number of hydrogen-bond donors (Lipinski definition) is 1. The van der Waals surface area contributed by atoms with Gasteiger partial charge in [0.15, 0.2) is 11.6 Å². The Morgan fingerprint density at radius 3 is 2.71 bits per heavy atom. The number of nitrogens with one attached hydrogen (secondary N) is 1. The number of nitrogens with zero attached hydrogens (tertiary/aromatic N) is 1. The van der Waals surface area contributed by atoms with Crippen molar-refractivity contribution >= 4 is 5.69 Å². The van der Waals surface area contributed by atoms with E-state index in [0.717, 1.165) is 25.2 Å². The Labute approximate surface area is 143 Å². The Balaban J connectivity index is 1.60. The minimum Gasteiger partial charge on any atom is -0.491 e. The third kappa shape index (κ3) is 4.06. The molecule has 2 unspecified atom stereocenters. The molecule has 4 heteroatoms. The van der Waals surface area contributed by atoms with E-state index in [1.165, 1.54) is 11.6 Å². The van der Waals surface area contributed by atoms with Crippen LogP contribution in [0.3, 0.4) is 0 Å². The normalized spacial score (nSPS) is 21.0. The molecule has 1 fully saturated rings. The molecule has 1 N–H and O–H groups in total. The summed E-state index contributed by atoms with van der Waals surface area (Å²) < 4.78 is 19.2. The van der Waals surface area contributed by atoms with Gasteiger partial charge in [0.2, 0.25) is 0 Å². The van der Waals surface area contributed by atoms with Crippen molar-refractivity contribution in [3.63, 3.8) is 0 Å². The Morgan fingerprint density at radius 1 is 1.21 bits per heavy atom. The van der Waals surface area contributed by atoms with E-state index in [-0.39, 0.29) is 5.82 Å². The van der Waals surface area contributed by atoms with Crippen LogP contribution < -0.4 is 10.1 Å². The first-order valence-corrected chi connectivity index (χ1v) is 8.62. The lowest BCUT2D eigenvalue weighted by Crippen LogP contribution is -2.28. The molecule has 1 aliphatic heterocycles. The van der Waals surface area contributed by atoms with E-state index in [1.54, 1.807) is 6.07 Å². The van der Waals surface area contributed by atoms with Crippen molar-refractivity contribution in [1.29, 1.82) is 0 Å². The van der Waals surface area contributed by atoms with Crippen LogP contribution in [-0.4, -0.2) is 30.1 Å². The summed E-state index contributed by atoms with van der Waals surface area (Å²) in [5.74, 6) is 0.00239. The van der Waals surface area contributed by atoms with Crippen LogP contribution >= 0.6 is 0 Å². The molecule has 1 heterocycles. The van der Waals surface area contributed by atoms with Crippen molar-refractivity contribution in [3.05, 3.63) is 59.9 Å². The molecule has 0 aliphatic carbocycles. The fourth-order valence-electron chi connectivity index (χ4n) is 3.34. The van der Waals surface area contributed by atoms with Crippen LogP contribution in [0.5, 0.6) is 5.75 Å². The van der Waals surface area contributed by atoms with Gasteiger partial charge in [-0.05, 0) is 38.0 Å². The van der Waals surface area contributed by atoms with Crippen LogP contribution in [0.2, 0.25) is 0 Å². The predicted molar refractivity (Wildman–Crippen MR) is 95.9 cm³/mol. The largest absolute Gasteiger partial charge is 0.491 e. The Hall–Kier alpha value is -2.07. The van der Waals surface area contributed by atoms with E-state index in [1.807, 2.05) is 19.1 Å². The zero-order chi connectivity index (χ0) is 16.9. The van der Waals surface area contributed by atoms with Gasteiger partial charge in [0, 0.05) is 36.9 Å². The van der Waals surface area contributed by atoms with Gasteiger partial charge in [-0.1, -0.05) is 30.3 Å². The molecular weight excluding hydrogens is 303 g/mol. The molecule has 0 aromatic heterocycles. The summed E-state index contributed by atoms with van der Waals surface area (Å²) in [6.07, 6.45) is 1.06. The van der Waals surface area contributed by atoms with E-state index in [4.69, 9.17) is 4.74 Å². The third-order valence-electron chi connectivity index (χ3n) is 4.53. The van der Waals surface area contributed by atoms with Crippen LogP contribution in [0, 0.1) is 5.82 Å². The minimum atomic E-state index is -0.311. The minimum absolute atomic E-state index is 0.311. The zero-order valence-corrected chi connectivity index (χ0v) is 14.3. The molecule has 24 heavy (non-hydrogen) atoms. The number of halogens is 1. The topological polar surface area (TPSA) is 24.5 Å². The highest BCUT2D eigenvalue weighted by Gasteiger charge is 2.28. The first-order chi connectivity index (χ1) is 11.7. The first kappa shape index (κ1) is 16.8. The van der Waals surface area contributed by atoms with Gasteiger partial charge in [-0.3, -0.25) is 4.90 Å². The number of hydrogen-bond acceptors (Lipinski definition) is 3. The van der Waals surface area contributed by atoms with Crippen LogP contribution in [0.4, 0.5) is 10.1 Å². The number of ether oxygens (including phenoxy) is 1. The second-order valence-corrected chi connectivity index (χ2v) is 6.42. The van der Waals surface area contributed by atoms with Gasteiger partial charge in [-0.15, -0.1) is 0 Å². The summed E-state index contributed by atoms with van der Waals surface area (Å²) in [6.45, 7) is 6.50. The molecule has 2 aromatic carbocycles. The predicted octanol–water partition coefficient (Wildman–Crippen LogP) is 4.30. The number of anilines is 1. The quantitative estimate of drug-likeness (QED) is 0.856. The summed E-state index contributed by atoms with van der Waals surface area (Å²) in [5, 5.41) is 3.46. The lowest BCUT2D eigenvalue weighted by molar-refractivity contribution is 0.259. The molecule has 2 atom stereocenters. The molecule has 0 spiro atoms. The van der Waals surface area contributed by atoms with E-state index in [0.29, 0.717) is 24.4 Å². The molecular formula is C20H25FN2O. The third-order valence-corrected chi connectivity index (χ3v) is 4.53. The Morgan fingerprint density at radius 2 is 2.00 bits per heavy atom. The maximum atomic E-state index is 14.0. The highest BCUT2D eigenvalue weighted by Crippen LogP contribution is 2.26. The highest BCUT2D eigenvalue weighted by atomic mass is 19.1. The number of benzene rings is 2. The van der Waals surface area contributed by atoms with Gasteiger partial charge >= 0.3 is 0 Å². The Kier molecular flexibility index (Phi) is 5.36. The fraction of sp³-hybridized carbons (Fsp3) is 0.400. The van der Waals surface area contributed by atoms with Crippen LogP contribution in [-0.2, 0) is 6.54 Å². The summed E-state index contributed by atoms with van der Waals surface area (Å²) >= 11 is 0. The lowest BCUT2D eigenvalue weighted by Gasteiger charge is -2.21. The van der Waals surface area contributed by atoms with Crippen molar-refractivity contribution in [3.8, 4) is 5.75 Å². The van der Waals surface area contributed by atoms with Crippen molar-refractivity contribution in [2.45, 2.75) is 38.9 Å². The monoisotopic (exact) mass is 328 g/mol. The van der Waals surface area contributed by atoms with Crippen molar-refractivity contribution < 1.29 is 9.13 Å². The standard InChI is InChI=1S/C20H25FN2O/c1-3-24-20-10-9-17(12-19(20)21)22-18-11-15(2)23(14-18)13-16-7-5-4-6-8-16/h4-10,12,15,18,22H,3,11,13-14H2,1-2H3. The maximum absolute atomic E-state index is 14.0. The molecule has 0 amide bonds. The van der Waals surface area contributed by atoms with E-state index >= 15 is 0 Å². The molecule has 3 nitrogen and oxygen atoms in total. The summed E-state index contributed by atoms with van der Waals surface area (Å²) in [6, 6.07) is 16.5. The molecule has 3 rings (SSSR count). The van der Waals surface area contributed by atoms with Gasteiger partial charge in [0.05, 0.1) is 6.61 Å². The molecule has 128 valence electrons. The highest BCUT2D eigenvalue weighted by molar-refractivity contribution is 5.48. The molecule has 1 saturated heterocycles. The summed E-state index contributed by atoms with van der Waals surface area (Å²) in [4.78, 5) is 2.47. The van der Waals surface area contributed by atoms with Crippen molar-refractivity contribution in [2.75, 3.05) is 18.5 Å². The average molecular weight is 328 g/mol. The molecule has 0 bridgehead atoms. The Bertz CT molecular complexity index is 662. The second-order valence-electron chi connectivity index (χ2n) is 6.42. The van der Waals surface area contributed by atoms with Gasteiger partial charge in [0.25, 0.3) is 0 Å².